The summed E-state index contributed by atoms with van der Waals surface area (Å²) in [7, 11) is 0. The van der Waals surface area contributed by atoms with E-state index in [4.69, 9.17) is 10.8 Å². The highest BCUT2D eigenvalue weighted by Gasteiger charge is 2.26. The van der Waals surface area contributed by atoms with Gasteiger partial charge in [-0.1, -0.05) is 12.1 Å². The minimum absolute atomic E-state index is 0.270. The third kappa shape index (κ3) is 5.43. The third-order valence-electron chi connectivity index (χ3n) is 3.31. The van der Waals surface area contributed by atoms with Gasteiger partial charge in [-0.2, -0.15) is 0 Å². The largest absolute Gasteiger partial charge is 0.481 e. The molecule has 0 atom stereocenters. The predicted molar refractivity (Wildman–Crippen MR) is 81.2 cm³/mol. The Morgan fingerprint density at radius 1 is 1.14 bits per heavy atom. The summed E-state index contributed by atoms with van der Waals surface area (Å²) in [5, 5.41) is 14.2. The van der Waals surface area contributed by atoms with E-state index in [2.05, 4.69) is 10.6 Å². The van der Waals surface area contributed by atoms with Crippen molar-refractivity contribution in [3.05, 3.63) is 35.4 Å². The average molecular weight is 307 g/mol. The maximum atomic E-state index is 11.6. The van der Waals surface area contributed by atoms with Crippen LogP contribution in [0.15, 0.2) is 24.3 Å². The smallest absolute Gasteiger partial charge is 0.315 e. The lowest BCUT2D eigenvalue weighted by molar-refractivity contribution is -0.147. The zero-order valence-corrected chi connectivity index (χ0v) is 12.7. The van der Waals surface area contributed by atoms with Gasteiger partial charge in [0, 0.05) is 18.7 Å². The first-order chi connectivity index (χ1) is 10.2. The first-order valence-electron chi connectivity index (χ1n) is 6.86. The van der Waals surface area contributed by atoms with Gasteiger partial charge >= 0.3 is 12.0 Å². The Kier molecular flexibility index (Phi) is 5.91. The molecule has 0 fully saturated rings. The van der Waals surface area contributed by atoms with Crippen LogP contribution >= 0.6 is 0 Å². The number of carboxylic acid groups (broad SMARTS) is 1. The second-order valence-electron chi connectivity index (χ2n) is 5.61. The zero-order valence-electron chi connectivity index (χ0n) is 12.7. The molecule has 0 bridgehead atoms. The number of carbonyl (C=O) groups excluding carboxylic acids is 2. The quantitative estimate of drug-likeness (QED) is 0.602. The van der Waals surface area contributed by atoms with Gasteiger partial charge in [-0.3, -0.25) is 9.59 Å². The number of carbonyl (C=O) groups is 3. The molecule has 0 aliphatic heterocycles. The van der Waals surface area contributed by atoms with Crippen LogP contribution in [0.25, 0.3) is 0 Å². The van der Waals surface area contributed by atoms with Crippen molar-refractivity contribution in [3.8, 4) is 0 Å². The molecule has 0 saturated heterocycles. The maximum absolute atomic E-state index is 11.6. The van der Waals surface area contributed by atoms with Crippen LogP contribution in [0.4, 0.5) is 4.79 Å². The standard InChI is InChI=1S/C15H21N3O4/c1-15(2,13(20)21)7-8-17-14(22)18-9-10-3-5-11(6-4-10)12(16)19/h3-6H,7-9H2,1-2H3,(H2,16,19)(H,20,21)(H2,17,18,22). The van der Waals surface area contributed by atoms with Crippen molar-refractivity contribution in [1.29, 1.82) is 0 Å². The van der Waals surface area contributed by atoms with E-state index >= 15 is 0 Å². The summed E-state index contributed by atoms with van der Waals surface area (Å²) in [5.41, 5.74) is 5.49. The van der Waals surface area contributed by atoms with Gasteiger partial charge < -0.3 is 21.5 Å². The summed E-state index contributed by atoms with van der Waals surface area (Å²) >= 11 is 0. The number of carboxylic acids is 1. The highest BCUT2D eigenvalue weighted by molar-refractivity contribution is 5.92. The first-order valence-corrected chi connectivity index (χ1v) is 6.86. The van der Waals surface area contributed by atoms with E-state index < -0.39 is 17.3 Å². The Hall–Kier alpha value is -2.57. The number of aliphatic carboxylic acids is 1. The van der Waals surface area contributed by atoms with E-state index in [0.29, 0.717) is 18.5 Å². The molecule has 0 aromatic heterocycles. The molecule has 0 unspecified atom stereocenters. The molecule has 0 spiro atoms. The monoisotopic (exact) mass is 307 g/mol. The van der Waals surface area contributed by atoms with Gasteiger partial charge in [-0.05, 0) is 38.0 Å². The minimum atomic E-state index is -0.899. The van der Waals surface area contributed by atoms with Gasteiger partial charge in [-0.15, -0.1) is 0 Å². The Morgan fingerprint density at radius 2 is 1.73 bits per heavy atom. The number of urea groups is 1. The molecule has 7 nitrogen and oxygen atoms in total. The van der Waals surface area contributed by atoms with Gasteiger partial charge in [0.1, 0.15) is 0 Å². The Labute approximate surface area is 128 Å². The summed E-state index contributed by atoms with van der Waals surface area (Å²) < 4.78 is 0. The first kappa shape index (κ1) is 17.5. The number of benzene rings is 1. The molecule has 1 rings (SSSR count). The van der Waals surface area contributed by atoms with Gasteiger partial charge in [0.2, 0.25) is 5.91 Å². The Morgan fingerprint density at radius 3 is 2.23 bits per heavy atom. The van der Waals surface area contributed by atoms with E-state index in [-0.39, 0.29) is 12.6 Å². The molecule has 0 heterocycles. The van der Waals surface area contributed by atoms with Crippen molar-refractivity contribution in [3.63, 3.8) is 0 Å². The fraction of sp³-hybridized carbons (Fsp3) is 0.400. The van der Waals surface area contributed by atoms with Crippen LogP contribution in [0.5, 0.6) is 0 Å². The molecule has 1 aromatic rings. The van der Waals surface area contributed by atoms with E-state index in [9.17, 15) is 14.4 Å². The highest BCUT2D eigenvalue weighted by atomic mass is 16.4. The lowest BCUT2D eigenvalue weighted by Gasteiger charge is -2.19. The summed E-state index contributed by atoms with van der Waals surface area (Å²) in [6, 6.07) is 6.21. The molecule has 1 aromatic carbocycles. The number of amides is 3. The molecule has 0 saturated carbocycles. The Balaban J connectivity index is 2.34. The fourth-order valence-corrected chi connectivity index (χ4v) is 1.63. The summed E-state index contributed by atoms with van der Waals surface area (Å²) in [6.45, 7) is 3.78. The van der Waals surface area contributed by atoms with Crippen molar-refractivity contribution in [1.82, 2.24) is 10.6 Å². The van der Waals surface area contributed by atoms with E-state index in [1.165, 1.54) is 0 Å². The number of nitrogens with two attached hydrogens (primary N) is 1. The minimum Gasteiger partial charge on any atom is -0.481 e. The zero-order chi connectivity index (χ0) is 16.8. The van der Waals surface area contributed by atoms with Crippen LogP contribution in [-0.4, -0.2) is 29.6 Å². The molecule has 0 aliphatic rings. The van der Waals surface area contributed by atoms with Crippen molar-refractivity contribution >= 4 is 17.9 Å². The molecule has 22 heavy (non-hydrogen) atoms. The van der Waals surface area contributed by atoms with Crippen LogP contribution < -0.4 is 16.4 Å². The van der Waals surface area contributed by atoms with Crippen molar-refractivity contribution < 1.29 is 19.5 Å². The highest BCUT2D eigenvalue weighted by Crippen LogP contribution is 2.19. The molecular formula is C15H21N3O4. The van der Waals surface area contributed by atoms with Crippen LogP contribution in [0.1, 0.15) is 36.2 Å². The van der Waals surface area contributed by atoms with Gasteiger partial charge in [0.25, 0.3) is 0 Å². The normalized spacial score (nSPS) is 10.8. The number of hydrogen-bond donors (Lipinski definition) is 4. The van der Waals surface area contributed by atoms with Crippen LogP contribution in [0.2, 0.25) is 0 Å². The van der Waals surface area contributed by atoms with E-state index in [1.54, 1.807) is 38.1 Å². The maximum Gasteiger partial charge on any atom is 0.315 e. The summed E-state index contributed by atoms with van der Waals surface area (Å²) in [6.07, 6.45) is 0.336. The van der Waals surface area contributed by atoms with Crippen molar-refractivity contribution in [2.24, 2.45) is 11.1 Å². The van der Waals surface area contributed by atoms with Gasteiger partial charge in [-0.25, -0.2) is 4.79 Å². The van der Waals surface area contributed by atoms with Crippen LogP contribution in [-0.2, 0) is 11.3 Å². The van der Waals surface area contributed by atoms with Gasteiger partial charge in [0.15, 0.2) is 0 Å². The van der Waals surface area contributed by atoms with Crippen molar-refractivity contribution in [2.45, 2.75) is 26.8 Å². The molecule has 0 aliphatic carbocycles. The average Bonchev–Trinajstić information content (AvgIpc) is 2.45. The van der Waals surface area contributed by atoms with E-state index in [1.807, 2.05) is 0 Å². The van der Waals surface area contributed by atoms with Gasteiger partial charge in [0.05, 0.1) is 5.41 Å². The molecule has 120 valence electrons. The van der Waals surface area contributed by atoms with Crippen LogP contribution in [0, 0.1) is 5.41 Å². The molecule has 3 amide bonds. The second-order valence-corrected chi connectivity index (χ2v) is 5.61. The predicted octanol–water partition coefficient (Wildman–Crippen LogP) is 1.09. The molecule has 7 heteroatoms. The SMILES string of the molecule is CC(C)(CCNC(=O)NCc1ccc(C(N)=O)cc1)C(=O)O. The summed E-state index contributed by atoms with van der Waals surface area (Å²) in [5.74, 6) is -1.40. The molecule has 5 N–H and O–H groups in total. The summed E-state index contributed by atoms with van der Waals surface area (Å²) in [4.78, 5) is 33.5. The van der Waals surface area contributed by atoms with E-state index in [0.717, 1.165) is 5.56 Å². The number of nitrogens with one attached hydrogen (secondary N) is 2. The third-order valence-corrected chi connectivity index (χ3v) is 3.31. The Bertz CT molecular complexity index is 552. The topological polar surface area (TPSA) is 122 Å². The lowest BCUT2D eigenvalue weighted by atomic mass is 9.90. The van der Waals surface area contributed by atoms with Crippen LogP contribution in [0.3, 0.4) is 0 Å². The lowest BCUT2D eigenvalue weighted by Crippen LogP contribution is -2.38. The number of hydrogen-bond acceptors (Lipinski definition) is 3. The number of rotatable bonds is 7. The second kappa shape index (κ2) is 7.44. The van der Waals surface area contributed by atoms with Crippen molar-refractivity contribution in [2.75, 3.05) is 6.54 Å². The molecular weight excluding hydrogens is 286 g/mol. The molecule has 0 radical (unpaired) electrons. The number of primary amides is 1. The fourth-order valence-electron chi connectivity index (χ4n) is 1.63.